The maximum Gasteiger partial charge on any atom is 0.124 e. The summed E-state index contributed by atoms with van der Waals surface area (Å²) in [5, 5.41) is 8.24. The van der Waals surface area contributed by atoms with E-state index in [-0.39, 0.29) is 5.60 Å². The number of ether oxygens (including phenoxy) is 1. The summed E-state index contributed by atoms with van der Waals surface area (Å²) in [6.07, 6.45) is 11.4. The molecule has 0 amide bonds. The summed E-state index contributed by atoms with van der Waals surface area (Å²) in [6.45, 7) is 0.897. The van der Waals surface area contributed by atoms with Crippen LogP contribution in [0.25, 0.3) is 0 Å². The zero-order valence-corrected chi connectivity index (χ0v) is 16.8. The van der Waals surface area contributed by atoms with E-state index in [0.29, 0.717) is 12.1 Å². The van der Waals surface area contributed by atoms with Gasteiger partial charge in [0.05, 0.1) is 6.20 Å². The third-order valence-electron chi connectivity index (χ3n) is 6.25. The number of likely N-dealkylation sites (N-methyl/N-ethyl adjacent to an activating group) is 1. The monoisotopic (exact) mass is 368 g/mol. The summed E-state index contributed by atoms with van der Waals surface area (Å²) >= 11 is 0. The van der Waals surface area contributed by atoms with E-state index in [1.165, 1.54) is 43.2 Å². The van der Waals surface area contributed by atoms with Gasteiger partial charge in [-0.1, -0.05) is 24.6 Å². The van der Waals surface area contributed by atoms with Crippen LogP contribution in [0.15, 0.2) is 36.7 Å². The molecule has 1 aromatic carbocycles. The molecule has 0 bridgehead atoms. The molecule has 5 nitrogen and oxygen atoms in total. The zero-order valence-electron chi connectivity index (χ0n) is 16.8. The summed E-state index contributed by atoms with van der Waals surface area (Å²) in [5.74, 6) is 1.07. The molecule has 0 unspecified atom stereocenters. The minimum atomic E-state index is 0.0200. The molecule has 5 heteroatoms. The lowest BCUT2D eigenvalue weighted by Crippen LogP contribution is -2.46. The number of aromatic nitrogens is 2. The first kappa shape index (κ1) is 18.5. The van der Waals surface area contributed by atoms with Crippen LogP contribution >= 0.6 is 0 Å². The molecule has 1 saturated carbocycles. The number of aryl methyl sites for hydroxylation is 1. The Kier molecular flexibility index (Phi) is 5.24. The van der Waals surface area contributed by atoms with E-state index in [1.54, 1.807) is 0 Å². The molecule has 1 aromatic heterocycles. The fourth-order valence-corrected chi connectivity index (χ4v) is 4.77. The molecule has 1 N–H and O–H groups in total. The Morgan fingerprint density at radius 2 is 2.04 bits per heavy atom. The van der Waals surface area contributed by atoms with Gasteiger partial charge in [0.1, 0.15) is 11.4 Å². The number of nitrogens with one attached hydrogen (secondary N) is 1. The lowest BCUT2D eigenvalue weighted by atomic mass is 9.77. The second-order valence-corrected chi connectivity index (χ2v) is 8.48. The maximum absolute atomic E-state index is 6.57. The molecule has 2 heterocycles. The summed E-state index contributed by atoms with van der Waals surface area (Å²) < 4.78 is 8.45. The summed E-state index contributed by atoms with van der Waals surface area (Å²) in [7, 11) is 6.25. The van der Waals surface area contributed by atoms with Crippen LogP contribution in [0.5, 0.6) is 5.75 Å². The average molecular weight is 369 g/mol. The molecule has 2 aromatic rings. The van der Waals surface area contributed by atoms with E-state index in [4.69, 9.17) is 4.74 Å². The number of rotatable bonds is 5. The Morgan fingerprint density at radius 1 is 1.26 bits per heavy atom. The van der Waals surface area contributed by atoms with Crippen LogP contribution in [0.1, 0.15) is 61.7 Å². The molecule has 1 fully saturated rings. The second-order valence-electron chi connectivity index (χ2n) is 8.48. The molecule has 0 saturated heterocycles. The number of nitrogens with zero attached hydrogens (tertiary/aromatic N) is 3. The van der Waals surface area contributed by atoms with Crippen LogP contribution in [0.2, 0.25) is 0 Å². The van der Waals surface area contributed by atoms with E-state index < -0.39 is 0 Å². The normalized spacial score (nSPS) is 22.4. The van der Waals surface area contributed by atoms with Crippen molar-refractivity contribution < 1.29 is 4.74 Å². The first-order valence-electron chi connectivity index (χ1n) is 10.2. The molecule has 1 spiro atoms. The molecule has 146 valence electrons. The standard InChI is InChI=1S/C22H32N4O/c1-25(2)20(17-14-24-26(3)16-17)15-23-19-13-22(11-7-4-8-12-22)27-21-10-6-5-9-18(19)21/h5-6,9-10,14,16,19-20,23H,4,7-8,11-13,15H2,1-3H3/t19-,20-/m0/s1. The van der Waals surface area contributed by atoms with E-state index in [1.807, 2.05) is 17.9 Å². The second kappa shape index (κ2) is 7.64. The quantitative estimate of drug-likeness (QED) is 0.871. The van der Waals surface area contributed by atoms with Crippen LogP contribution in [-0.4, -0.2) is 40.9 Å². The Labute approximate surface area is 162 Å². The van der Waals surface area contributed by atoms with Gasteiger partial charge >= 0.3 is 0 Å². The molecule has 2 atom stereocenters. The Morgan fingerprint density at radius 3 is 2.74 bits per heavy atom. The van der Waals surface area contributed by atoms with Gasteiger partial charge in [0, 0.05) is 49.4 Å². The highest BCUT2D eigenvalue weighted by Crippen LogP contribution is 2.46. The lowest BCUT2D eigenvalue weighted by Gasteiger charge is -2.45. The van der Waals surface area contributed by atoms with Gasteiger partial charge < -0.3 is 15.0 Å². The Hall–Kier alpha value is -1.85. The molecule has 0 radical (unpaired) electrons. The van der Waals surface area contributed by atoms with Crippen LogP contribution in [0.4, 0.5) is 0 Å². The number of para-hydroxylation sites is 1. The van der Waals surface area contributed by atoms with Crippen molar-refractivity contribution >= 4 is 0 Å². The molecule has 4 rings (SSSR count). The van der Waals surface area contributed by atoms with Crippen molar-refractivity contribution in [1.29, 1.82) is 0 Å². The minimum absolute atomic E-state index is 0.0200. The van der Waals surface area contributed by atoms with Gasteiger partial charge in [0.25, 0.3) is 0 Å². The zero-order chi connectivity index (χ0) is 18.9. The van der Waals surface area contributed by atoms with Gasteiger partial charge in [-0.05, 0) is 45.8 Å². The Balaban J connectivity index is 1.54. The van der Waals surface area contributed by atoms with Crippen molar-refractivity contribution in [3.8, 4) is 5.75 Å². The molecule has 1 aliphatic carbocycles. The first-order valence-corrected chi connectivity index (χ1v) is 10.2. The van der Waals surface area contributed by atoms with Crippen LogP contribution in [-0.2, 0) is 7.05 Å². The van der Waals surface area contributed by atoms with Crippen molar-refractivity contribution in [1.82, 2.24) is 20.0 Å². The van der Waals surface area contributed by atoms with Crippen molar-refractivity contribution in [2.24, 2.45) is 7.05 Å². The van der Waals surface area contributed by atoms with Crippen LogP contribution in [0.3, 0.4) is 0 Å². The summed E-state index contributed by atoms with van der Waals surface area (Å²) in [6, 6.07) is 9.22. The van der Waals surface area contributed by atoms with E-state index in [2.05, 4.69) is 59.9 Å². The number of hydrogen-bond donors (Lipinski definition) is 1. The maximum atomic E-state index is 6.57. The highest BCUT2D eigenvalue weighted by Gasteiger charge is 2.41. The third kappa shape index (κ3) is 3.90. The van der Waals surface area contributed by atoms with Crippen LogP contribution < -0.4 is 10.1 Å². The smallest absolute Gasteiger partial charge is 0.124 e. The molecular weight excluding hydrogens is 336 g/mol. The fourth-order valence-electron chi connectivity index (χ4n) is 4.77. The van der Waals surface area contributed by atoms with E-state index >= 15 is 0 Å². The summed E-state index contributed by atoms with van der Waals surface area (Å²) in [4.78, 5) is 2.27. The highest BCUT2D eigenvalue weighted by atomic mass is 16.5. The molecule has 2 aliphatic rings. The van der Waals surface area contributed by atoms with Gasteiger partial charge in [0.2, 0.25) is 0 Å². The van der Waals surface area contributed by atoms with Crippen molar-refractivity contribution in [3.05, 3.63) is 47.8 Å². The predicted octanol–water partition coefficient (Wildman–Crippen LogP) is 3.84. The van der Waals surface area contributed by atoms with Crippen molar-refractivity contribution in [2.45, 2.75) is 56.2 Å². The predicted molar refractivity (Wildman–Crippen MR) is 108 cm³/mol. The molecule has 1 aliphatic heterocycles. The SMILES string of the molecule is CN(C)[C@@H](CN[C@H]1CC2(CCCCC2)Oc2ccccc21)c1cnn(C)c1. The van der Waals surface area contributed by atoms with Gasteiger partial charge in [-0.2, -0.15) is 5.10 Å². The van der Waals surface area contributed by atoms with Gasteiger partial charge in [-0.15, -0.1) is 0 Å². The third-order valence-corrected chi connectivity index (χ3v) is 6.25. The fraction of sp³-hybridized carbons (Fsp3) is 0.591. The van der Waals surface area contributed by atoms with Gasteiger partial charge in [0.15, 0.2) is 0 Å². The van der Waals surface area contributed by atoms with Crippen molar-refractivity contribution in [3.63, 3.8) is 0 Å². The van der Waals surface area contributed by atoms with Crippen molar-refractivity contribution in [2.75, 3.05) is 20.6 Å². The highest BCUT2D eigenvalue weighted by molar-refractivity contribution is 5.39. The van der Waals surface area contributed by atoms with E-state index in [0.717, 1.165) is 18.7 Å². The Bertz CT molecular complexity index is 763. The number of fused-ring (bicyclic) bond motifs is 1. The number of benzene rings is 1. The number of hydrogen-bond acceptors (Lipinski definition) is 4. The first-order chi connectivity index (χ1) is 13.1. The van der Waals surface area contributed by atoms with E-state index in [9.17, 15) is 0 Å². The largest absolute Gasteiger partial charge is 0.487 e. The molecule has 27 heavy (non-hydrogen) atoms. The average Bonchev–Trinajstić information content (AvgIpc) is 3.08. The summed E-state index contributed by atoms with van der Waals surface area (Å²) in [5.41, 5.74) is 2.58. The minimum Gasteiger partial charge on any atom is -0.487 e. The van der Waals surface area contributed by atoms with Gasteiger partial charge in [-0.25, -0.2) is 0 Å². The van der Waals surface area contributed by atoms with Gasteiger partial charge in [-0.3, -0.25) is 4.68 Å². The molecular formula is C22H32N4O. The topological polar surface area (TPSA) is 42.3 Å². The van der Waals surface area contributed by atoms with Crippen LogP contribution in [0, 0.1) is 0 Å². The lowest BCUT2D eigenvalue weighted by molar-refractivity contribution is -0.00330.